The number of piperidine rings is 1. The molecule has 1 fully saturated rings. The van der Waals surface area contributed by atoms with Gasteiger partial charge in [-0.05, 0) is 49.1 Å². The number of benzene rings is 1. The van der Waals surface area contributed by atoms with Crippen molar-refractivity contribution >= 4 is 15.9 Å². The SMILES string of the molecule is CC(C)c1cc(Br)ccc1OC[C@H]1CCCNC1. The third-order valence-corrected chi connectivity index (χ3v) is 3.96. The molecule has 1 heterocycles. The lowest BCUT2D eigenvalue weighted by molar-refractivity contribution is 0.216. The highest BCUT2D eigenvalue weighted by Gasteiger charge is 2.15. The van der Waals surface area contributed by atoms with E-state index in [1.165, 1.54) is 18.4 Å². The fourth-order valence-electron chi connectivity index (χ4n) is 2.38. The Hall–Kier alpha value is -0.540. The number of hydrogen-bond donors (Lipinski definition) is 1. The molecule has 0 saturated carbocycles. The summed E-state index contributed by atoms with van der Waals surface area (Å²) in [6.07, 6.45) is 2.55. The number of rotatable bonds is 4. The fraction of sp³-hybridized carbons (Fsp3) is 0.600. The van der Waals surface area contributed by atoms with Crippen LogP contribution in [0.2, 0.25) is 0 Å². The molecular weight excluding hydrogens is 290 g/mol. The number of halogens is 1. The average molecular weight is 312 g/mol. The molecular formula is C15H22BrNO. The van der Waals surface area contributed by atoms with Gasteiger partial charge >= 0.3 is 0 Å². The lowest BCUT2D eigenvalue weighted by atomic mass is 10.00. The molecule has 1 aliphatic rings. The van der Waals surface area contributed by atoms with E-state index in [-0.39, 0.29) is 0 Å². The van der Waals surface area contributed by atoms with Crippen LogP contribution in [0, 0.1) is 5.92 Å². The van der Waals surface area contributed by atoms with Crippen molar-refractivity contribution < 1.29 is 4.74 Å². The molecule has 100 valence electrons. The molecule has 1 aliphatic heterocycles. The molecule has 0 aliphatic carbocycles. The van der Waals surface area contributed by atoms with Crippen molar-refractivity contribution in [1.82, 2.24) is 5.32 Å². The summed E-state index contributed by atoms with van der Waals surface area (Å²) >= 11 is 3.53. The Morgan fingerprint density at radius 3 is 2.94 bits per heavy atom. The highest BCUT2D eigenvalue weighted by Crippen LogP contribution is 2.30. The summed E-state index contributed by atoms with van der Waals surface area (Å²) in [4.78, 5) is 0. The van der Waals surface area contributed by atoms with Crippen molar-refractivity contribution in [2.24, 2.45) is 5.92 Å². The molecule has 0 spiro atoms. The zero-order chi connectivity index (χ0) is 13.0. The highest BCUT2D eigenvalue weighted by atomic mass is 79.9. The van der Waals surface area contributed by atoms with E-state index in [9.17, 15) is 0 Å². The third kappa shape index (κ3) is 3.72. The van der Waals surface area contributed by atoms with E-state index in [0.717, 1.165) is 29.9 Å². The first-order valence-electron chi connectivity index (χ1n) is 6.80. The van der Waals surface area contributed by atoms with E-state index in [1.807, 2.05) is 0 Å². The van der Waals surface area contributed by atoms with E-state index in [4.69, 9.17) is 4.74 Å². The molecule has 0 amide bonds. The summed E-state index contributed by atoms with van der Waals surface area (Å²) in [6.45, 7) is 7.49. The molecule has 1 aromatic rings. The molecule has 0 bridgehead atoms. The Bertz CT molecular complexity index is 386. The van der Waals surface area contributed by atoms with Gasteiger partial charge in [0, 0.05) is 16.9 Å². The summed E-state index contributed by atoms with van der Waals surface area (Å²) < 4.78 is 7.16. The van der Waals surface area contributed by atoms with Crippen molar-refractivity contribution in [2.75, 3.05) is 19.7 Å². The van der Waals surface area contributed by atoms with Crippen LogP contribution in [-0.4, -0.2) is 19.7 Å². The summed E-state index contributed by atoms with van der Waals surface area (Å²) in [5.41, 5.74) is 1.29. The van der Waals surface area contributed by atoms with Crippen LogP contribution < -0.4 is 10.1 Å². The van der Waals surface area contributed by atoms with Gasteiger partial charge in [0.1, 0.15) is 5.75 Å². The monoisotopic (exact) mass is 311 g/mol. The minimum atomic E-state index is 0.488. The first-order chi connectivity index (χ1) is 8.66. The molecule has 2 rings (SSSR count). The van der Waals surface area contributed by atoms with Crippen molar-refractivity contribution in [1.29, 1.82) is 0 Å². The maximum absolute atomic E-state index is 6.03. The maximum Gasteiger partial charge on any atom is 0.122 e. The van der Waals surface area contributed by atoms with Crippen molar-refractivity contribution in [3.05, 3.63) is 28.2 Å². The van der Waals surface area contributed by atoms with Crippen LogP contribution in [0.5, 0.6) is 5.75 Å². The van der Waals surface area contributed by atoms with E-state index in [1.54, 1.807) is 0 Å². The normalized spacial score (nSPS) is 20.1. The molecule has 0 radical (unpaired) electrons. The van der Waals surface area contributed by atoms with E-state index in [2.05, 4.69) is 53.3 Å². The first-order valence-corrected chi connectivity index (χ1v) is 7.59. The Kier molecular flexibility index (Phi) is 5.07. The highest BCUT2D eigenvalue weighted by molar-refractivity contribution is 9.10. The van der Waals surface area contributed by atoms with Gasteiger partial charge in [0.15, 0.2) is 0 Å². The van der Waals surface area contributed by atoms with Crippen LogP contribution in [0.1, 0.15) is 38.2 Å². The Labute approximate surface area is 118 Å². The second kappa shape index (κ2) is 6.58. The molecule has 3 heteroatoms. The molecule has 1 atom stereocenters. The van der Waals surface area contributed by atoms with Crippen LogP contribution in [0.25, 0.3) is 0 Å². The van der Waals surface area contributed by atoms with Gasteiger partial charge in [0.05, 0.1) is 6.61 Å². The summed E-state index contributed by atoms with van der Waals surface area (Å²) in [7, 11) is 0. The molecule has 2 nitrogen and oxygen atoms in total. The Morgan fingerprint density at radius 2 is 2.28 bits per heavy atom. The fourth-order valence-corrected chi connectivity index (χ4v) is 2.75. The quantitative estimate of drug-likeness (QED) is 0.909. The average Bonchev–Trinajstić information content (AvgIpc) is 2.38. The Morgan fingerprint density at radius 1 is 1.44 bits per heavy atom. The standard InChI is InChI=1S/C15H22BrNO/c1-11(2)14-8-13(16)5-6-15(14)18-10-12-4-3-7-17-9-12/h5-6,8,11-12,17H,3-4,7,9-10H2,1-2H3/t12-/m0/s1. The number of nitrogens with one attached hydrogen (secondary N) is 1. The van der Waals surface area contributed by atoms with Crippen molar-refractivity contribution in [3.8, 4) is 5.75 Å². The lowest BCUT2D eigenvalue weighted by Gasteiger charge is -2.24. The topological polar surface area (TPSA) is 21.3 Å². The number of ether oxygens (including phenoxy) is 1. The summed E-state index contributed by atoms with van der Waals surface area (Å²) in [5, 5.41) is 3.43. The van der Waals surface area contributed by atoms with Gasteiger partial charge in [-0.2, -0.15) is 0 Å². The second-order valence-corrected chi connectivity index (χ2v) is 6.28. The summed E-state index contributed by atoms with van der Waals surface area (Å²) in [5.74, 6) is 2.18. The zero-order valence-corrected chi connectivity index (χ0v) is 12.8. The van der Waals surface area contributed by atoms with Crippen LogP contribution in [0.4, 0.5) is 0 Å². The summed E-state index contributed by atoms with van der Waals surface area (Å²) in [6, 6.07) is 6.30. The molecule has 1 N–H and O–H groups in total. The zero-order valence-electron chi connectivity index (χ0n) is 11.2. The van der Waals surface area contributed by atoms with Crippen LogP contribution >= 0.6 is 15.9 Å². The van der Waals surface area contributed by atoms with Crippen molar-refractivity contribution in [2.45, 2.75) is 32.6 Å². The van der Waals surface area contributed by atoms with Crippen molar-refractivity contribution in [3.63, 3.8) is 0 Å². The lowest BCUT2D eigenvalue weighted by Crippen LogP contribution is -2.33. The minimum absolute atomic E-state index is 0.488. The van der Waals surface area contributed by atoms with Gasteiger partial charge in [0.2, 0.25) is 0 Å². The van der Waals surface area contributed by atoms with Gasteiger partial charge in [-0.15, -0.1) is 0 Å². The smallest absolute Gasteiger partial charge is 0.122 e. The maximum atomic E-state index is 6.03. The number of hydrogen-bond acceptors (Lipinski definition) is 2. The predicted octanol–water partition coefficient (Wildman–Crippen LogP) is 3.95. The van der Waals surface area contributed by atoms with Gasteiger partial charge in [0.25, 0.3) is 0 Å². The third-order valence-electron chi connectivity index (χ3n) is 3.47. The van der Waals surface area contributed by atoms with Crippen LogP contribution in [0.15, 0.2) is 22.7 Å². The van der Waals surface area contributed by atoms with Gasteiger partial charge in [-0.3, -0.25) is 0 Å². The van der Waals surface area contributed by atoms with E-state index >= 15 is 0 Å². The van der Waals surface area contributed by atoms with E-state index in [0.29, 0.717) is 11.8 Å². The van der Waals surface area contributed by atoms with Crippen LogP contribution in [-0.2, 0) is 0 Å². The van der Waals surface area contributed by atoms with Gasteiger partial charge in [-0.25, -0.2) is 0 Å². The van der Waals surface area contributed by atoms with Gasteiger partial charge in [-0.1, -0.05) is 29.8 Å². The molecule has 0 aromatic heterocycles. The molecule has 0 unspecified atom stereocenters. The largest absolute Gasteiger partial charge is 0.493 e. The minimum Gasteiger partial charge on any atom is -0.493 e. The predicted molar refractivity (Wildman–Crippen MR) is 79.3 cm³/mol. The second-order valence-electron chi connectivity index (χ2n) is 5.36. The molecule has 1 saturated heterocycles. The van der Waals surface area contributed by atoms with E-state index < -0.39 is 0 Å². The van der Waals surface area contributed by atoms with Gasteiger partial charge < -0.3 is 10.1 Å². The molecule has 1 aromatic carbocycles. The molecule has 18 heavy (non-hydrogen) atoms. The first kappa shape index (κ1) is 13.9. The van der Waals surface area contributed by atoms with Crippen LogP contribution in [0.3, 0.4) is 0 Å². The Balaban J connectivity index is 1.99.